The van der Waals surface area contributed by atoms with Gasteiger partial charge in [0.15, 0.2) is 5.82 Å². The van der Waals surface area contributed by atoms with Crippen LogP contribution < -0.4 is 35.4 Å². The van der Waals surface area contributed by atoms with Gasteiger partial charge < -0.3 is 35.0 Å². The number of carbonyl (C=O) groups is 4. The second-order valence-corrected chi connectivity index (χ2v) is 16.8. The van der Waals surface area contributed by atoms with E-state index in [2.05, 4.69) is 42.8 Å². The second kappa shape index (κ2) is 17.6. The summed E-state index contributed by atoms with van der Waals surface area (Å²) in [5.74, 6) is -5.50. The first-order valence-electron chi connectivity index (χ1n) is 20.8. The molecule has 3 aliphatic heterocycles. The van der Waals surface area contributed by atoms with Crippen molar-refractivity contribution in [2.75, 3.05) is 67.4 Å². The Labute approximate surface area is 348 Å². The molecule has 4 amide bonds. The van der Waals surface area contributed by atoms with Crippen LogP contribution in [-0.2, 0) is 14.4 Å². The van der Waals surface area contributed by atoms with Gasteiger partial charge in [0.25, 0.3) is 11.8 Å². The molecule has 0 radical (unpaired) electrons. The van der Waals surface area contributed by atoms with E-state index in [1.165, 1.54) is 31.3 Å². The maximum absolute atomic E-state index is 15.3. The molecule has 3 N–H and O–H groups in total. The van der Waals surface area contributed by atoms with Gasteiger partial charge in [0.1, 0.15) is 17.3 Å². The number of hydrogen-bond acceptors (Lipinski definition) is 11. The van der Waals surface area contributed by atoms with Crippen molar-refractivity contribution in [2.45, 2.75) is 95.2 Å². The molecule has 60 heavy (non-hydrogen) atoms. The topological polar surface area (TPSA) is 152 Å². The number of halogens is 3. The highest BCUT2D eigenvalue weighted by atomic mass is 19.3. The van der Waals surface area contributed by atoms with Gasteiger partial charge in [-0.05, 0) is 108 Å². The summed E-state index contributed by atoms with van der Waals surface area (Å²) in [6.45, 7) is 5.12. The van der Waals surface area contributed by atoms with Crippen molar-refractivity contribution >= 4 is 52.5 Å². The number of ether oxygens (including phenoxy) is 1. The van der Waals surface area contributed by atoms with Gasteiger partial charge in [0.05, 0.1) is 37.1 Å². The maximum atomic E-state index is 15.3. The van der Waals surface area contributed by atoms with E-state index in [9.17, 15) is 28.0 Å². The molecule has 14 nitrogen and oxygen atoms in total. The lowest BCUT2D eigenvalue weighted by Crippen LogP contribution is -2.47. The van der Waals surface area contributed by atoms with Crippen molar-refractivity contribution in [1.29, 1.82) is 0 Å². The zero-order valence-corrected chi connectivity index (χ0v) is 34.8. The lowest BCUT2D eigenvalue weighted by atomic mass is 9.88. The van der Waals surface area contributed by atoms with Crippen LogP contribution in [0.1, 0.15) is 87.1 Å². The highest BCUT2D eigenvalue weighted by molar-refractivity contribution is 6.02. The van der Waals surface area contributed by atoms with Crippen molar-refractivity contribution in [2.24, 2.45) is 5.92 Å². The number of aromatic nitrogens is 2. The molecule has 7 rings (SSSR count). The number of nitrogens with zero attached hydrogens (tertiary/aromatic N) is 6. The number of benzene rings is 2. The Bertz CT molecular complexity index is 2110. The minimum Gasteiger partial charge on any atom is -0.495 e. The van der Waals surface area contributed by atoms with E-state index in [1.54, 1.807) is 44.2 Å². The van der Waals surface area contributed by atoms with Gasteiger partial charge in [-0.15, -0.1) is 0 Å². The minimum absolute atomic E-state index is 0.0275. The minimum atomic E-state index is -3.60. The number of methoxy groups -OCH3 is 1. The highest BCUT2D eigenvalue weighted by Gasteiger charge is 2.48. The molecule has 4 heterocycles. The summed E-state index contributed by atoms with van der Waals surface area (Å²) in [4.78, 5) is 65.3. The summed E-state index contributed by atoms with van der Waals surface area (Å²) in [5.41, 5.74) is 2.20. The quantitative estimate of drug-likeness (QED) is 0.207. The number of imide groups is 1. The van der Waals surface area contributed by atoms with Crippen LogP contribution in [0.4, 0.5) is 42.0 Å². The van der Waals surface area contributed by atoms with E-state index in [-0.39, 0.29) is 59.5 Å². The molecule has 0 bridgehead atoms. The van der Waals surface area contributed by atoms with Gasteiger partial charge in [-0.1, -0.05) is 6.07 Å². The molecule has 322 valence electrons. The zero-order valence-electron chi connectivity index (χ0n) is 34.8. The highest BCUT2D eigenvalue weighted by Crippen LogP contribution is 2.38. The Morgan fingerprint density at radius 1 is 1.02 bits per heavy atom. The first-order chi connectivity index (χ1) is 28.6. The van der Waals surface area contributed by atoms with Crippen molar-refractivity contribution in [3.05, 3.63) is 59.5 Å². The molecule has 2 saturated heterocycles. The van der Waals surface area contributed by atoms with Crippen molar-refractivity contribution in [1.82, 2.24) is 25.5 Å². The summed E-state index contributed by atoms with van der Waals surface area (Å²) in [6, 6.07) is 10.0. The third-order valence-corrected chi connectivity index (χ3v) is 12.5. The van der Waals surface area contributed by atoms with Gasteiger partial charge in [0.2, 0.25) is 17.8 Å². The second-order valence-electron chi connectivity index (χ2n) is 16.8. The van der Waals surface area contributed by atoms with E-state index in [1.807, 2.05) is 0 Å². The van der Waals surface area contributed by atoms with Gasteiger partial charge in [-0.2, -0.15) is 13.8 Å². The van der Waals surface area contributed by atoms with Crippen LogP contribution in [0.2, 0.25) is 0 Å². The summed E-state index contributed by atoms with van der Waals surface area (Å²) in [7, 11) is 4.93. The summed E-state index contributed by atoms with van der Waals surface area (Å²) in [5, 5.41) is 8.62. The van der Waals surface area contributed by atoms with Crippen LogP contribution in [0.25, 0.3) is 0 Å². The fourth-order valence-electron chi connectivity index (χ4n) is 8.92. The molecule has 2 aromatic carbocycles. The largest absolute Gasteiger partial charge is 0.495 e. The summed E-state index contributed by atoms with van der Waals surface area (Å²) in [6.07, 6.45) is 7.47. The predicted octanol–water partition coefficient (Wildman–Crippen LogP) is 5.60. The number of rotatable bonds is 11. The lowest BCUT2D eigenvalue weighted by molar-refractivity contribution is -0.140. The number of piperidine rings is 2. The first kappa shape index (κ1) is 42.7. The smallest absolute Gasteiger partial charge is 0.342 e. The normalized spacial score (nSPS) is 22.4. The Balaban J connectivity index is 0.883. The molecule has 1 atom stereocenters. The number of nitrogens with one attached hydrogen (secondary N) is 3. The Kier molecular flexibility index (Phi) is 12.5. The van der Waals surface area contributed by atoms with Crippen LogP contribution in [0, 0.1) is 11.7 Å². The van der Waals surface area contributed by atoms with Crippen molar-refractivity contribution in [3.63, 3.8) is 0 Å². The molecule has 17 heteroatoms. The van der Waals surface area contributed by atoms with E-state index >= 15 is 4.39 Å². The number of alkyl halides is 2. The molecular formula is C43H54F3N9O5. The van der Waals surface area contributed by atoms with E-state index < -0.39 is 24.3 Å². The molecule has 4 aliphatic rings. The van der Waals surface area contributed by atoms with E-state index in [0.29, 0.717) is 46.6 Å². The van der Waals surface area contributed by atoms with Gasteiger partial charge >= 0.3 is 5.92 Å². The standard InChI is InChI=1S/C43H54F3N9O5/c1-25(2)55-24-43(45,46)41(59)53(4)35-22-47-42(51-38(35)55)49-33-13-6-28(21-36(33)60-5)39(57)48-29-8-10-30(11-9-29)52(3)23-26-16-18-54(19-17-26)34-14-7-27(20-32(34)44)31-12-15-37(56)50-40(31)58/h6-7,13-14,20-22,25-26,29-31H,8-12,15-19,23-24H2,1-5H3,(H,48,57)(H,47,49,51)(H,50,56,58). The average Bonchev–Trinajstić information content (AvgIpc) is 3.29. The van der Waals surface area contributed by atoms with Gasteiger partial charge in [-0.3, -0.25) is 24.5 Å². The third kappa shape index (κ3) is 9.15. The molecule has 3 fully saturated rings. The Morgan fingerprint density at radius 3 is 2.42 bits per heavy atom. The number of fused-ring (bicyclic) bond motifs is 1. The monoisotopic (exact) mass is 833 g/mol. The zero-order chi connectivity index (χ0) is 42.9. The third-order valence-electron chi connectivity index (χ3n) is 12.5. The van der Waals surface area contributed by atoms with Crippen LogP contribution in [0.3, 0.4) is 0 Å². The van der Waals surface area contributed by atoms with Crippen LogP contribution in [0.15, 0.2) is 42.6 Å². The molecular weight excluding hydrogens is 780 g/mol. The first-order valence-corrected chi connectivity index (χ1v) is 20.8. The van der Waals surface area contributed by atoms with E-state index in [0.717, 1.165) is 63.1 Å². The van der Waals surface area contributed by atoms with Crippen LogP contribution in [0.5, 0.6) is 5.75 Å². The molecule has 0 spiro atoms. The number of carbonyl (C=O) groups excluding carboxylic acids is 4. The van der Waals surface area contributed by atoms with Crippen LogP contribution >= 0.6 is 0 Å². The average molecular weight is 834 g/mol. The summed E-state index contributed by atoms with van der Waals surface area (Å²) >= 11 is 0. The Hall–Kier alpha value is -5.45. The fourth-order valence-corrected chi connectivity index (χ4v) is 8.92. The Morgan fingerprint density at radius 2 is 1.75 bits per heavy atom. The van der Waals surface area contributed by atoms with Crippen LogP contribution in [-0.4, -0.2) is 110 Å². The lowest BCUT2D eigenvalue weighted by Gasteiger charge is -2.39. The molecule has 1 saturated carbocycles. The van der Waals surface area contributed by atoms with E-state index in [4.69, 9.17) is 4.74 Å². The maximum Gasteiger partial charge on any atom is 0.342 e. The number of amides is 4. The summed E-state index contributed by atoms with van der Waals surface area (Å²) < 4.78 is 50.4. The van der Waals surface area contributed by atoms with Gasteiger partial charge in [-0.25, -0.2) is 9.37 Å². The number of hydrogen-bond donors (Lipinski definition) is 3. The van der Waals surface area contributed by atoms with Crippen molar-refractivity contribution in [3.8, 4) is 5.75 Å². The van der Waals surface area contributed by atoms with Crippen molar-refractivity contribution < 1.29 is 37.1 Å². The molecule has 3 aromatic rings. The number of anilines is 5. The fraction of sp³-hybridized carbons (Fsp3) is 0.535. The van der Waals surface area contributed by atoms with Gasteiger partial charge in [0, 0.05) is 56.8 Å². The molecule has 1 unspecified atom stereocenters. The SMILES string of the molecule is COc1cc(C(=O)NC2CCC(N(C)CC3CCN(c4ccc(C5CCC(=O)NC5=O)cc4F)CC3)CC2)ccc1Nc1ncc2c(n1)N(C(C)C)CC(F)(F)C(=O)N2C. The molecule has 1 aromatic heterocycles. The molecule has 1 aliphatic carbocycles. The predicted molar refractivity (Wildman–Crippen MR) is 222 cm³/mol.